The van der Waals surface area contributed by atoms with Crippen molar-refractivity contribution in [3.05, 3.63) is 81.2 Å². The molecule has 0 saturated carbocycles. The Labute approximate surface area is 184 Å². The van der Waals surface area contributed by atoms with Crippen molar-refractivity contribution >= 4 is 17.4 Å². The zero-order valence-corrected chi connectivity index (χ0v) is 17.6. The summed E-state index contributed by atoms with van der Waals surface area (Å²) in [6.07, 6.45) is 2.58. The zero-order valence-electron chi connectivity index (χ0n) is 17.6. The number of hydrogen-bond acceptors (Lipinski definition) is 7. The van der Waals surface area contributed by atoms with Gasteiger partial charge in [-0.15, -0.1) is 0 Å². The number of benzene rings is 1. The summed E-state index contributed by atoms with van der Waals surface area (Å²) in [6.45, 7) is 2.51. The Morgan fingerprint density at radius 2 is 2.16 bits per heavy atom. The van der Waals surface area contributed by atoms with Crippen molar-refractivity contribution in [3.8, 4) is 6.07 Å². The molecular weight excluding hydrogens is 406 g/mol. The maximum Gasteiger partial charge on any atom is 0.277 e. The van der Waals surface area contributed by atoms with Gasteiger partial charge >= 0.3 is 0 Å². The van der Waals surface area contributed by atoms with E-state index in [9.17, 15) is 9.59 Å². The molecule has 0 saturated heterocycles. The Kier molecular flexibility index (Phi) is 5.85. The quantitative estimate of drug-likeness (QED) is 0.543. The monoisotopic (exact) mass is 429 g/mol. The fourth-order valence-corrected chi connectivity index (χ4v) is 3.82. The molecule has 1 aliphatic rings. The molecule has 4 rings (SSSR count). The number of anilines is 2. The lowest BCUT2D eigenvalue weighted by Gasteiger charge is -2.16. The third kappa shape index (κ3) is 4.30. The van der Waals surface area contributed by atoms with Crippen LogP contribution in [0.5, 0.6) is 0 Å². The number of aryl methyl sites for hydroxylation is 2. The van der Waals surface area contributed by atoms with E-state index in [4.69, 9.17) is 11.0 Å². The van der Waals surface area contributed by atoms with Crippen LogP contribution in [0.4, 0.5) is 11.5 Å². The molecule has 3 aromatic rings. The summed E-state index contributed by atoms with van der Waals surface area (Å²) in [7, 11) is 0. The van der Waals surface area contributed by atoms with Gasteiger partial charge in [0, 0.05) is 25.2 Å². The molecule has 2 aromatic heterocycles. The first-order valence-corrected chi connectivity index (χ1v) is 10.3. The van der Waals surface area contributed by atoms with Gasteiger partial charge in [0.05, 0.1) is 17.8 Å². The SMILES string of the molecule is Cc1nc(N)ccc1CNC(=O)[C@@H]1CCc2ncc(NCc3cccc(C#N)c3)c(=O)n21. The van der Waals surface area contributed by atoms with Gasteiger partial charge in [0.2, 0.25) is 5.91 Å². The Morgan fingerprint density at radius 1 is 1.31 bits per heavy atom. The van der Waals surface area contributed by atoms with Crippen molar-refractivity contribution in [1.82, 2.24) is 19.9 Å². The molecule has 32 heavy (non-hydrogen) atoms. The second-order valence-electron chi connectivity index (χ2n) is 7.68. The molecule has 1 aliphatic heterocycles. The van der Waals surface area contributed by atoms with E-state index in [1.807, 2.05) is 19.1 Å². The first kappa shape index (κ1) is 21.1. The molecule has 1 aromatic carbocycles. The second-order valence-corrected chi connectivity index (χ2v) is 7.68. The molecular formula is C23H23N7O2. The maximum atomic E-state index is 13.1. The van der Waals surface area contributed by atoms with Gasteiger partial charge in [-0.05, 0) is 42.7 Å². The average molecular weight is 429 g/mol. The highest BCUT2D eigenvalue weighted by atomic mass is 16.2. The third-order valence-corrected chi connectivity index (χ3v) is 5.53. The van der Waals surface area contributed by atoms with Gasteiger partial charge in [-0.2, -0.15) is 5.26 Å². The molecule has 0 bridgehead atoms. The van der Waals surface area contributed by atoms with Crippen LogP contribution < -0.4 is 21.9 Å². The van der Waals surface area contributed by atoms with Crippen molar-refractivity contribution in [2.24, 2.45) is 0 Å². The molecule has 0 spiro atoms. The van der Waals surface area contributed by atoms with Crippen LogP contribution in [0.1, 0.15) is 40.7 Å². The van der Waals surface area contributed by atoms with Crippen LogP contribution in [-0.2, 0) is 24.3 Å². The number of carbonyl (C=O) groups is 1. The van der Waals surface area contributed by atoms with E-state index in [-0.39, 0.29) is 11.5 Å². The largest absolute Gasteiger partial charge is 0.384 e. The Morgan fingerprint density at radius 3 is 2.94 bits per heavy atom. The highest BCUT2D eigenvalue weighted by Crippen LogP contribution is 2.23. The van der Waals surface area contributed by atoms with Crippen molar-refractivity contribution in [2.45, 2.75) is 38.9 Å². The predicted octanol–water partition coefficient (Wildman–Crippen LogP) is 1.82. The standard InChI is InChI=1S/C23H23N7O2/c1-14-17(5-7-20(25)29-14)12-28-22(31)19-6-8-21-27-13-18(23(32)30(19)21)26-11-16-4-2-3-15(9-16)10-24/h2-5,7,9,13,19,26H,6,8,11-12H2,1H3,(H2,25,29)(H,28,31)/t19-/m0/s1. The number of rotatable bonds is 6. The first-order valence-electron chi connectivity index (χ1n) is 10.3. The number of aromatic nitrogens is 3. The number of nitrogen functional groups attached to an aromatic ring is 1. The lowest BCUT2D eigenvalue weighted by molar-refractivity contribution is -0.124. The molecule has 0 radical (unpaired) electrons. The smallest absolute Gasteiger partial charge is 0.277 e. The average Bonchev–Trinajstić information content (AvgIpc) is 3.23. The molecule has 4 N–H and O–H groups in total. The summed E-state index contributed by atoms with van der Waals surface area (Å²) >= 11 is 0. The summed E-state index contributed by atoms with van der Waals surface area (Å²) in [5, 5.41) is 15.0. The predicted molar refractivity (Wildman–Crippen MR) is 120 cm³/mol. The molecule has 9 nitrogen and oxygen atoms in total. The summed E-state index contributed by atoms with van der Waals surface area (Å²) in [4.78, 5) is 34.6. The third-order valence-electron chi connectivity index (χ3n) is 5.53. The molecule has 162 valence electrons. The minimum Gasteiger partial charge on any atom is -0.384 e. The molecule has 1 atom stereocenters. The van der Waals surface area contributed by atoms with Crippen LogP contribution in [0.2, 0.25) is 0 Å². The minimum atomic E-state index is -0.615. The highest BCUT2D eigenvalue weighted by molar-refractivity contribution is 5.81. The maximum absolute atomic E-state index is 13.1. The number of pyridine rings is 1. The van der Waals surface area contributed by atoms with Gasteiger partial charge in [-0.25, -0.2) is 9.97 Å². The number of hydrogen-bond donors (Lipinski definition) is 3. The molecule has 3 heterocycles. The van der Waals surface area contributed by atoms with Crippen molar-refractivity contribution in [1.29, 1.82) is 5.26 Å². The van der Waals surface area contributed by atoms with E-state index in [2.05, 4.69) is 26.7 Å². The van der Waals surface area contributed by atoms with Crippen LogP contribution in [-0.4, -0.2) is 20.4 Å². The van der Waals surface area contributed by atoms with Crippen LogP contribution >= 0.6 is 0 Å². The van der Waals surface area contributed by atoms with E-state index >= 15 is 0 Å². The van der Waals surface area contributed by atoms with E-state index in [0.29, 0.717) is 48.8 Å². The second kappa shape index (κ2) is 8.89. The molecule has 1 amide bonds. The number of fused-ring (bicyclic) bond motifs is 1. The normalized spacial score (nSPS) is 14.4. The van der Waals surface area contributed by atoms with Crippen molar-refractivity contribution in [3.63, 3.8) is 0 Å². The molecule has 0 fully saturated rings. The fraction of sp³-hybridized carbons (Fsp3) is 0.261. The van der Waals surface area contributed by atoms with Crippen LogP contribution in [0.15, 0.2) is 47.4 Å². The van der Waals surface area contributed by atoms with E-state index in [0.717, 1.165) is 16.8 Å². The summed E-state index contributed by atoms with van der Waals surface area (Å²) in [5.74, 6) is 0.791. The Balaban J connectivity index is 1.48. The first-order chi connectivity index (χ1) is 15.5. The molecule has 9 heteroatoms. The van der Waals surface area contributed by atoms with Gasteiger partial charge < -0.3 is 16.4 Å². The van der Waals surface area contributed by atoms with Crippen molar-refractivity contribution in [2.75, 3.05) is 11.1 Å². The van der Waals surface area contributed by atoms with Crippen molar-refractivity contribution < 1.29 is 4.79 Å². The Bertz CT molecular complexity index is 1280. The topological polar surface area (TPSA) is 139 Å². The summed E-state index contributed by atoms with van der Waals surface area (Å²) < 4.78 is 1.47. The number of nitrogens with zero attached hydrogens (tertiary/aromatic N) is 4. The van der Waals surface area contributed by atoms with E-state index in [1.165, 1.54) is 10.8 Å². The van der Waals surface area contributed by atoms with Gasteiger partial charge in [0.25, 0.3) is 5.56 Å². The number of amides is 1. The number of nitrogens with two attached hydrogens (primary N) is 1. The number of nitriles is 1. The van der Waals surface area contributed by atoms with Crippen LogP contribution in [0.25, 0.3) is 0 Å². The fourth-order valence-electron chi connectivity index (χ4n) is 3.82. The summed E-state index contributed by atoms with van der Waals surface area (Å²) in [6, 6.07) is 12.2. The highest BCUT2D eigenvalue weighted by Gasteiger charge is 2.31. The zero-order chi connectivity index (χ0) is 22.7. The van der Waals surface area contributed by atoms with Gasteiger partial charge in [-0.3, -0.25) is 14.2 Å². The Hall–Kier alpha value is -4.19. The molecule has 0 aliphatic carbocycles. The molecule has 0 unspecified atom stereocenters. The lowest BCUT2D eigenvalue weighted by Crippen LogP contribution is -2.36. The minimum absolute atomic E-state index is 0.234. The number of nitrogens with one attached hydrogen (secondary N) is 2. The van der Waals surface area contributed by atoms with E-state index < -0.39 is 6.04 Å². The lowest BCUT2D eigenvalue weighted by atomic mass is 10.1. The van der Waals surface area contributed by atoms with Gasteiger partial charge in [0.1, 0.15) is 23.4 Å². The van der Waals surface area contributed by atoms with Gasteiger partial charge in [0.15, 0.2) is 0 Å². The van der Waals surface area contributed by atoms with Crippen LogP contribution in [0.3, 0.4) is 0 Å². The van der Waals surface area contributed by atoms with Gasteiger partial charge in [-0.1, -0.05) is 18.2 Å². The van der Waals surface area contributed by atoms with E-state index in [1.54, 1.807) is 24.3 Å². The summed E-state index contributed by atoms with van der Waals surface area (Å²) in [5.41, 5.74) is 8.75. The number of carbonyl (C=O) groups excluding carboxylic acids is 1. The van der Waals surface area contributed by atoms with Crippen LogP contribution in [0, 0.1) is 18.3 Å².